The fourth-order valence-corrected chi connectivity index (χ4v) is 9.28. The second-order valence-electron chi connectivity index (χ2n) is 16.0. The summed E-state index contributed by atoms with van der Waals surface area (Å²) < 4.78 is 8.74. The van der Waals surface area contributed by atoms with Crippen LogP contribution in [-0.4, -0.2) is 16.9 Å². The topological polar surface area (TPSA) is 48.9 Å². The maximum atomic E-state index is 6.33. The summed E-state index contributed by atoms with van der Waals surface area (Å²) in [4.78, 5) is 9.52. The van der Waals surface area contributed by atoms with Crippen LogP contribution in [0, 0.1) is 0 Å². The van der Waals surface area contributed by atoms with Crippen LogP contribution in [0.1, 0.15) is 11.3 Å². The largest absolute Gasteiger partial charge is 0.452 e. The molecule has 1 aliphatic heterocycles. The monoisotopic (exact) mass is 823 g/mol. The molecule has 6 nitrogen and oxygen atoms in total. The molecule has 12 rings (SSSR count). The lowest BCUT2D eigenvalue weighted by atomic mass is 10.00. The van der Waals surface area contributed by atoms with Crippen LogP contribution >= 0.6 is 0 Å². The number of benzene rings is 9. The number of nitrogens with zero attached hydrogens (tertiary/aromatic N) is 4. The third-order valence-electron chi connectivity index (χ3n) is 12.2. The van der Waals surface area contributed by atoms with Crippen LogP contribution in [0.15, 0.2) is 240 Å². The van der Waals surface area contributed by atoms with E-state index in [4.69, 9.17) is 9.41 Å². The van der Waals surface area contributed by atoms with Crippen molar-refractivity contribution in [2.45, 2.75) is 0 Å². The zero-order chi connectivity index (χ0) is 42.4. The van der Waals surface area contributed by atoms with Gasteiger partial charge in [0.15, 0.2) is 5.76 Å². The normalized spacial score (nSPS) is 12.2. The maximum Gasteiger partial charge on any atom is 0.177 e. The van der Waals surface area contributed by atoms with Crippen molar-refractivity contribution < 1.29 is 4.42 Å². The molecule has 0 bridgehead atoms. The Hall–Kier alpha value is -8.61. The Morgan fingerprint density at radius 2 is 0.906 bits per heavy atom. The summed E-state index contributed by atoms with van der Waals surface area (Å²) in [6.45, 7) is 0.504. The van der Waals surface area contributed by atoms with Crippen LogP contribution in [0.25, 0.3) is 49.6 Å². The van der Waals surface area contributed by atoms with Gasteiger partial charge in [-0.15, -0.1) is 0 Å². The first-order valence-electron chi connectivity index (χ1n) is 21.7. The van der Waals surface area contributed by atoms with Gasteiger partial charge in [-0.1, -0.05) is 121 Å². The van der Waals surface area contributed by atoms with E-state index in [-0.39, 0.29) is 0 Å². The van der Waals surface area contributed by atoms with Gasteiger partial charge in [-0.3, -0.25) is 4.99 Å². The van der Waals surface area contributed by atoms with E-state index in [1.54, 1.807) is 0 Å². The minimum Gasteiger partial charge on any atom is -0.452 e. The second kappa shape index (κ2) is 15.7. The SMILES string of the molecule is c1ccc(N(c2ccccc2)c2ccc3c(c2)c2cc(N(c4ccccc4)c4ccccc4)ccc2n3-c2cccc(-c3ccc(C4=NCNc5c4oc4ccccc54)cc3)c2)cc1. The van der Waals surface area contributed by atoms with Crippen molar-refractivity contribution in [1.29, 1.82) is 0 Å². The molecule has 304 valence electrons. The molecule has 0 radical (unpaired) electrons. The minimum atomic E-state index is 0.504. The van der Waals surface area contributed by atoms with Crippen LogP contribution in [0.4, 0.5) is 39.8 Å². The van der Waals surface area contributed by atoms with Crippen molar-refractivity contribution in [1.82, 2.24) is 4.57 Å². The van der Waals surface area contributed by atoms with Gasteiger partial charge in [-0.25, -0.2) is 0 Å². The fraction of sp³-hybridized carbons (Fsp3) is 0.0172. The molecular weight excluding hydrogens is 783 g/mol. The predicted molar refractivity (Wildman–Crippen MR) is 266 cm³/mol. The molecule has 3 heterocycles. The lowest BCUT2D eigenvalue weighted by molar-refractivity contribution is 0.604. The van der Waals surface area contributed by atoms with Crippen molar-refractivity contribution in [2.75, 3.05) is 21.8 Å². The van der Waals surface area contributed by atoms with Gasteiger partial charge in [0.2, 0.25) is 0 Å². The number of nitrogens with one attached hydrogen (secondary N) is 1. The summed E-state index contributed by atoms with van der Waals surface area (Å²) in [5, 5.41) is 6.82. The molecule has 0 unspecified atom stereocenters. The first-order chi connectivity index (χ1) is 31.7. The van der Waals surface area contributed by atoms with Crippen molar-refractivity contribution in [2.24, 2.45) is 4.99 Å². The predicted octanol–water partition coefficient (Wildman–Crippen LogP) is 15.4. The van der Waals surface area contributed by atoms with E-state index >= 15 is 0 Å². The van der Waals surface area contributed by atoms with Gasteiger partial charge in [-0.2, -0.15) is 0 Å². The van der Waals surface area contributed by atoms with Crippen LogP contribution in [0.3, 0.4) is 0 Å². The summed E-state index contributed by atoms with van der Waals surface area (Å²) in [7, 11) is 0. The number of rotatable bonds is 9. The Labute approximate surface area is 371 Å². The molecule has 0 fully saturated rings. The van der Waals surface area contributed by atoms with Crippen molar-refractivity contribution in [3.8, 4) is 16.8 Å². The molecule has 6 heteroatoms. The van der Waals surface area contributed by atoms with Crippen LogP contribution in [-0.2, 0) is 0 Å². The Morgan fingerprint density at radius 3 is 1.45 bits per heavy atom. The zero-order valence-corrected chi connectivity index (χ0v) is 34.8. The van der Waals surface area contributed by atoms with E-state index in [1.165, 1.54) is 0 Å². The number of anilines is 7. The van der Waals surface area contributed by atoms with E-state index in [2.05, 4.69) is 232 Å². The molecular formula is C58H41N5O. The number of para-hydroxylation sites is 5. The molecule has 0 saturated heterocycles. The fourth-order valence-electron chi connectivity index (χ4n) is 9.28. The van der Waals surface area contributed by atoms with E-state index in [0.717, 1.165) is 106 Å². The van der Waals surface area contributed by atoms with E-state index in [9.17, 15) is 0 Å². The molecule has 0 spiro atoms. The van der Waals surface area contributed by atoms with E-state index in [0.29, 0.717) is 6.67 Å². The Kier molecular flexibility index (Phi) is 9.12. The van der Waals surface area contributed by atoms with Gasteiger partial charge in [0.05, 0.1) is 16.7 Å². The first-order valence-corrected chi connectivity index (χ1v) is 21.7. The molecule has 64 heavy (non-hydrogen) atoms. The highest BCUT2D eigenvalue weighted by atomic mass is 16.3. The lowest BCUT2D eigenvalue weighted by Gasteiger charge is -2.26. The molecule has 2 aromatic heterocycles. The first kappa shape index (κ1) is 37.2. The molecule has 0 atom stereocenters. The minimum absolute atomic E-state index is 0.504. The van der Waals surface area contributed by atoms with Crippen molar-refractivity contribution in [3.05, 3.63) is 242 Å². The lowest BCUT2D eigenvalue weighted by Crippen LogP contribution is -2.14. The Morgan fingerprint density at radius 1 is 0.406 bits per heavy atom. The summed E-state index contributed by atoms with van der Waals surface area (Å²) in [6.07, 6.45) is 0. The number of hydrogen-bond acceptors (Lipinski definition) is 5. The van der Waals surface area contributed by atoms with Gasteiger partial charge in [0.25, 0.3) is 0 Å². The van der Waals surface area contributed by atoms with Crippen molar-refractivity contribution in [3.63, 3.8) is 0 Å². The highest BCUT2D eigenvalue weighted by Crippen LogP contribution is 2.43. The molecule has 1 N–H and O–H groups in total. The summed E-state index contributed by atoms with van der Waals surface area (Å²) in [5.41, 5.74) is 15.9. The van der Waals surface area contributed by atoms with Crippen LogP contribution in [0.5, 0.6) is 0 Å². The van der Waals surface area contributed by atoms with Gasteiger partial charge in [-0.05, 0) is 120 Å². The third-order valence-corrected chi connectivity index (χ3v) is 12.2. The highest BCUT2D eigenvalue weighted by Gasteiger charge is 2.24. The number of aromatic nitrogens is 1. The van der Waals surface area contributed by atoms with Crippen molar-refractivity contribution >= 4 is 78.3 Å². The number of aliphatic imine (C=N–C) groups is 1. The van der Waals surface area contributed by atoms with Gasteiger partial charge in [0.1, 0.15) is 18.0 Å². The Balaban J connectivity index is 1.00. The number of fused-ring (bicyclic) bond motifs is 6. The Bertz CT molecular complexity index is 3270. The highest BCUT2D eigenvalue weighted by molar-refractivity contribution is 6.19. The van der Waals surface area contributed by atoms with E-state index in [1.807, 2.05) is 18.2 Å². The second-order valence-corrected chi connectivity index (χ2v) is 16.0. The number of furan rings is 1. The summed E-state index contributed by atoms with van der Waals surface area (Å²) in [5.74, 6) is 0.784. The molecule has 9 aromatic carbocycles. The smallest absolute Gasteiger partial charge is 0.177 e. The number of hydrogen-bond donors (Lipinski definition) is 1. The van der Waals surface area contributed by atoms with E-state index < -0.39 is 0 Å². The molecule has 0 amide bonds. The third kappa shape index (κ3) is 6.48. The van der Waals surface area contributed by atoms with Gasteiger partial charge in [0, 0.05) is 61.5 Å². The van der Waals surface area contributed by atoms with Crippen LogP contribution < -0.4 is 15.1 Å². The average Bonchev–Trinajstić information content (AvgIpc) is 3.91. The molecule has 1 aliphatic rings. The van der Waals surface area contributed by atoms with Crippen LogP contribution in [0.2, 0.25) is 0 Å². The maximum absolute atomic E-state index is 6.33. The standard InChI is InChI=1S/C58H41N5O/c1-5-17-43(18-6-1)61(44-19-7-2-8-20-44)48-32-34-53-51(37-48)52-38-49(62(45-21-9-3-10-22-45)46-23-11-4-12-24-46)33-35-54(52)63(53)47-25-15-16-42(36-47)40-28-30-41(31-29-40)56-58-57(60-39-59-56)50-26-13-14-27-55(50)64-58/h1-38,60H,39H2. The molecule has 0 saturated carbocycles. The summed E-state index contributed by atoms with van der Waals surface area (Å²) >= 11 is 0. The zero-order valence-electron chi connectivity index (χ0n) is 34.8. The molecule has 0 aliphatic carbocycles. The molecule has 11 aromatic rings. The summed E-state index contributed by atoms with van der Waals surface area (Å²) in [6, 6.07) is 81.9. The van der Waals surface area contributed by atoms with Gasteiger partial charge >= 0.3 is 0 Å². The average molecular weight is 824 g/mol. The quantitative estimate of drug-likeness (QED) is 0.158. The van der Waals surface area contributed by atoms with Gasteiger partial charge < -0.3 is 24.1 Å².